The Balaban J connectivity index is 2.13. The Bertz CT molecular complexity index is 509. The molecule has 4 heteroatoms. The number of halogens is 1. The van der Waals surface area contributed by atoms with E-state index in [4.69, 9.17) is 0 Å². The molecule has 104 valence electrons. The SMILES string of the molecule is CC1(C)C(CNc2cc(Br)ccc2C(=O)O)C1(C)C. The summed E-state index contributed by atoms with van der Waals surface area (Å²) in [5.41, 5.74) is 1.60. The summed E-state index contributed by atoms with van der Waals surface area (Å²) in [7, 11) is 0. The third-order valence-corrected chi connectivity index (χ3v) is 5.52. The molecule has 1 aromatic rings. The number of nitrogens with one attached hydrogen (secondary N) is 1. The Kier molecular flexibility index (Phi) is 3.42. The lowest BCUT2D eigenvalue weighted by Gasteiger charge is -2.11. The first-order chi connectivity index (χ1) is 8.68. The molecular weight excluding hydrogens is 306 g/mol. The van der Waals surface area contributed by atoms with Crippen molar-refractivity contribution < 1.29 is 9.90 Å². The van der Waals surface area contributed by atoms with Gasteiger partial charge in [0, 0.05) is 16.7 Å². The van der Waals surface area contributed by atoms with Gasteiger partial charge in [0.1, 0.15) is 0 Å². The van der Waals surface area contributed by atoms with Crippen molar-refractivity contribution in [3.05, 3.63) is 28.2 Å². The molecule has 0 bridgehead atoms. The minimum atomic E-state index is -0.899. The molecular formula is C15H20BrNO2. The Morgan fingerprint density at radius 1 is 1.32 bits per heavy atom. The van der Waals surface area contributed by atoms with Gasteiger partial charge in [0.05, 0.1) is 5.56 Å². The Morgan fingerprint density at radius 3 is 2.37 bits per heavy atom. The molecule has 0 heterocycles. The van der Waals surface area contributed by atoms with Crippen LogP contribution in [-0.2, 0) is 0 Å². The van der Waals surface area contributed by atoms with Crippen LogP contribution in [0.1, 0.15) is 38.1 Å². The molecule has 0 spiro atoms. The van der Waals surface area contributed by atoms with Crippen molar-refractivity contribution in [2.45, 2.75) is 27.7 Å². The van der Waals surface area contributed by atoms with Crippen LogP contribution in [0.25, 0.3) is 0 Å². The van der Waals surface area contributed by atoms with E-state index in [9.17, 15) is 9.90 Å². The van der Waals surface area contributed by atoms with E-state index in [0.717, 1.165) is 11.0 Å². The van der Waals surface area contributed by atoms with Gasteiger partial charge in [-0.05, 0) is 34.9 Å². The predicted molar refractivity (Wildman–Crippen MR) is 80.6 cm³/mol. The van der Waals surface area contributed by atoms with Gasteiger partial charge in [0.2, 0.25) is 0 Å². The molecule has 2 N–H and O–H groups in total. The minimum Gasteiger partial charge on any atom is -0.478 e. The molecule has 0 atom stereocenters. The number of hydrogen-bond donors (Lipinski definition) is 2. The summed E-state index contributed by atoms with van der Waals surface area (Å²) in [5.74, 6) is -0.343. The average Bonchev–Trinajstić information content (AvgIpc) is 2.66. The van der Waals surface area contributed by atoms with E-state index in [1.807, 2.05) is 6.07 Å². The van der Waals surface area contributed by atoms with Crippen molar-refractivity contribution in [1.82, 2.24) is 0 Å². The maximum atomic E-state index is 11.2. The van der Waals surface area contributed by atoms with E-state index >= 15 is 0 Å². The van der Waals surface area contributed by atoms with Crippen LogP contribution in [-0.4, -0.2) is 17.6 Å². The maximum absolute atomic E-state index is 11.2. The molecule has 0 aliphatic heterocycles. The smallest absolute Gasteiger partial charge is 0.337 e. The van der Waals surface area contributed by atoms with E-state index < -0.39 is 5.97 Å². The normalized spacial score (nSPS) is 20.1. The van der Waals surface area contributed by atoms with Crippen LogP contribution in [0, 0.1) is 16.7 Å². The maximum Gasteiger partial charge on any atom is 0.337 e. The van der Waals surface area contributed by atoms with Gasteiger partial charge in [-0.3, -0.25) is 0 Å². The van der Waals surface area contributed by atoms with Crippen molar-refractivity contribution in [1.29, 1.82) is 0 Å². The third kappa shape index (κ3) is 2.38. The predicted octanol–water partition coefficient (Wildman–Crippen LogP) is 4.24. The lowest BCUT2D eigenvalue weighted by Crippen LogP contribution is -2.11. The standard InChI is InChI=1S/C15H20BrNO2/c1-14(2)12(15(14,3)4)8-17-11-7-9(16)5-6-10(11)13(18)19/h5-7,12,17H,8H2,1-4H3,(H,18,19). The second kappa shape index (κ2) is 4.51. The molecule has 1 fully saturated rings. The van der Waals surface area contributed by atoms with Crippen LogP contribution in [0.15, 0.2) is 22.7 Å². The van der Waals surface area contributed by atoms with Crippen LogP contribution in [0.4, 0.5) is 5.69 Å². The Labute approximate surface area is 122 Å². The second-order valence-corrected chi connectivity index (χ2v) is 7.29. The topological polar surface area (TPSA) is 49.3 Å². The lowest BCUT2D eigenvalue weighted by atomic mass is 10.0. The molecule has 2 rings (SSSR count). The van der Waals surface area contributed by atoms with E-state index in [-0.39, 0.29) is 0 Å². The van der Waals surface area contributed by atoms with Gasteiger partial charge >= 0.3 is 5.97 Å². The van der Waals surface area contributed by atoms with Crippen molar-refractivity contribution in [3.8, 4) is 0 Å². The van der Waals surface area contributed by atoms with E-state index in [1.54, 1.807) is 12.1 Å². The molecule has 1 aliphatic rings. The summed E-state index contributed by atoms with van der Waals surface area (Å²) in [6.07, 6.45) is 0. The number of carbonyl (C=O) groups is 1. The van der Waals surface area contributed by atoms with Crippen molar-refractivity contribution in [2.24, 2.45) is 16.7 Å². The molecule has 0 saturated heterocycles. The largest absolute Gasteiger partial charge is 0.478 e. The number of hydrogen-bond acceptors (Lipinski definition) is 2. The highest BCUT2D eigenvalue weighted by molar-refractivity contribution is 9.10. The first-order valence-corrected chi connectivity index (χ1v) is 7.24. The first kappa shape index (κ1) is 14.4. The highest BCUT2D eigenvalue weighted by Gasteiger charge is 2.64. The summed E-state index contributed by atoms with van der Waals surface area (Å²) in [6.45, 7) is 9.85. The van der Waals surface area contributed by atoms with Crippen LogP contribution in [0.5, 0.6) is 0 Å². The molecule has 3 nitrogen and oxygen atoms in total. The Hall–Kier alpha value is -1.03. The number of carboxylic acid groups (broad SMARTS) is 1. The molecule has 0 unspecified atom stereocenters. The zero-order valence-electron chi connectivity index (χ0n) is 11.7. The second-order valence-electron chi connectivity index (χ2n) is 6.37. The minimum absolute atomic E-state index is 0.301. The molecule has 0 aromatic heterocycles. The summed E-state index contributed by atoms with van der Waals surface area (Å²) >= 11 is 3.38. The summed E-state index contributed by atoms with van der Waals surface area (Å²) < 4.78 is 0.884. The van der Waals surface area contributed by atoms with Gasteiger partial charge in [-0.25, -0.2) is 4.79 Å². The highest BCUT2D eigenvalue weighted by atomic mass is 79.9. The van der Waals surface area contributed by atoms with Gasteiger partial charge < -0.3 is 10.4 Å². The molecule has 1 aliphatic carbocycles. The van der Waals surface area contributed by atoms with E-state index in [2.05, 4.69) is 48.9 Å². The molecule has 0 radical (unpaired) electrons. The van der Waals surface area contributed by atoms with Crippen LogP contribution in [0.3, 0.4) is 0 Å². The fourth-order valence-corrected chi connectivity index (χ4v) is 3.27. The lowest BCUT2D eigenvalue weighted by molar-refractivity contribution is 0.0698. The zero-order valence-corrected chi connectivity index (χ0v) is 13.3. The van der Waals surface area contributed by atoms with Crippen LogP contribution >= 0.6 is 15.9 Å². The fourth-order valence-electron chi connectivity index (χ4n) is 2.90. The third-order valence-electron chi connectivity index (χ3n) is 5.03. The van der Waals surface area contributed by atoms with Gasteiger partial charge in [0.25, 0.3) is 0 Å². The number of carboxylic acids is 1. The van der Waals surface area contributed by atoms with Crippen molar-refractivity contribution in [2.75, 3.05) is 11.9 Å². The molecule has 1 aromatic carbocycles. The van der Waals surface area contributed by atoms with E-state index in [0.29, 0.717) is 28.0 Å². The zero-order chi connectivity index (χ0) is 14.4. The molecule has 1 saturated carbocycles. The monoisotopic (exact) mass is 325 g/mol. The van der Waals surface area contributed by atoms with Crippen molar-refractivity contribution >= 4 is 27.6 Å². The van der Waals surface area contributed by atoms with Gasteiger partial charge in [0.15, 0.2) is 0 Å². The van der Waals surface area contributed by atoms with Gasteiger partial charge in [-0.1, -0.05) is 43.6 Å². The van der Waals surface area contributed by atoms with Crippen LogP contribution < -0.4 is 5.32 Å². The quantitative estimate of drug-likeness (QED) is 0.870. The van der Waals surface area contributed by atoms with Crippen molar-refractivity contribution in [3.63, 3.8) is 0 Å². The highest BCUT2D eigenvalue weighted by Crippen LogP contribution is 2.68. The number of aromatic carboxylic acids is 1. The molecule has 19 heavy (non-hydrogen) atoms. The number of benzene rings is 1. The first-order valence-electron chi connectivity index (χ1n) is 6.44. The summed E-state index contributed by atoms with van der Waals surface area (Å²) in [4.78, 5) is 11.2. The van der Waals surface area contributed by atoms with Gasteiger partial charge in [-0.2, -0.15) is 0 Å². The van der Waals surface area contributed by atoms with E-state index in [1.165, 1.54) is 0 Å². The number of anilines is 1. The summed E-state index contributed by atoms with van der Waals surface area (Å²) in [5, 5.41) is 12.5. The summed E-state index contributed by atoms with van der Waals surface area (Å²) in [6, 6.07) is 5.20. The number of rotatable bonds is 4. The fraction of sp³-hybridized carbons (Fsp3) is 0.533. The Morgan fingerprint density at radius 2 is 1.89 bits per heavy atom. The van der Waals surface area contributed by atoms with Gasteiger partial charge in [-0.15, -0.1) is 0 Å². The molecule has 0 amide bonds. The van der Waals surface area contributed by atoms with Crippen LogP contribution in [0.2, 0.25) is 0 Å². The average molecular weight is 326 g/mol.